The summed E-state index contributed by atoms with van der Waals surface area (Å²) < 4.78 is 31.3. The predicted molar refractivity (Wildman–Crippen MR) is 86.2 cm³/mol. The summed E-state index contributed by atoms with van der Waals surface area (Å²) in [7, 11) is 2.63. The number of carbonyl (C=O) groups is 1. The van der Waals surface area contributed by atoms with Crippen molar-refractivity contribution in [3.05, 3.63) is 29.7 Å². The molecule has 0 radical (unpaired) electrons. The number of benzene rings is 1. The van der Waals surface area contributed by atoms with Crippen LogP contribution >= 0.6 is 0 Å². The van der Waals surface area contributed by atoms with Crippen LogP contribution in [-0.2, 0) is 14.3 Å². The van der Waals surface area contributed by atoms with Crippen molar-refractivity contribution in [1.82, 2.24) is 9.78 Å². The Labute approximate surface area is 138 Å². The van der Waals surface area contributed by atoms with Crippen molar-refractivity contribution in [3.8, 4) is 5.75 Å². The highest BCUT2D eigenvalue weighted by Gasteiger charge is 2.22. The lowest BCUT2D eigenvalue weighted by Gasteiger charge is -2.24. The molecule has 2 heterocycles. The molecule has 0 spiro atoms. The van der Waals surface area contributed by atoms with Crippen LogP contribution in [-0.4, -0.2) is 36.6 Å². The highest BCUT2D eigenvalue weighted by atomic mass is 19.1. The highest BCUT2D eigenvalue weighted by molar-refractivity contribution is 5.94. The molecule has 1 unspecified atom stereocenters. The van der Waals surface area contributed by atoms with Crippen LogP contribution < -0.4 is 4.74 Å². The molecule has 3 rings (SSSR count). The molecule has 1 aromatic heterocycles. The van der Waals surface area contributed by atoms with Crippen LogP contribution in [0.25, 0.3) is 17.0 Å². The molecule has 1 saturated heterocycles. The maximum Gasteiger partial charge on any atom is 0.366 e. The molecule has 1 aliphatic heterocycles. The Bertz CT molecular complexity index is 778. The summed E-state index contributed by atoms with van der Waals surface area (Å²) in [5.41, 5.74) is 1.15. The Morgan fingerprint density at radius 1 is 1.42 bits per heavy atom. The maximum absolute atomic E-state index is 13.9. The van der Waals surface area contributed by atoms with Gasteiger partial charge in [-0.05, 0) is 25.3 Å². The first kappa shape index (κ1) is 16.4. The molecule has 0 aliphatic carbocycles. The van der Waals surface area contributed by atoms with Gasteiger partial charge < -0.3 is 14.2 Å². The van der Waals surface area contributed by atoms with E-state index < -0.39 is 11.8 Å². The Kier molecular flexibility index (Phi) is 4.80. The minimum absolute atomic E-state index is 0.171. The third kappa shape index (κ3) is 2.99. The molecule has 2 aromatic rings. The number of methoxy groups -OCH3 is 2. The lowest BCUT2D eigenvalue weighted by molar-refractivity contribution is -0.137. The molecule has 0 saturated carbocycles. The van der Waals surface area contributed by atoms with Crippen LogP contribution in [0.4, 0.5) is 4.39 Å². The Hall–Kier alpha value is -2.41. The fourth-order valence-corrected chi connectivity index (χ4v) is 2.88. The number of carbonyl (C=O) groups excluding carboxylic acids is 1. The van der Waals surface area contributed by atoms with Crippen molar-refractivity contribution in [2.75, 3.05) is 20.8 Å². The van der Waals surface area contributed by atoms with Gasteiger partial charge in [-0.1, -0.05) is 12.1 Å². The first-order valence-electron chi connectivity index (χ1n) is 7.77. The average Bonchev–Trinajstić information content (AvgIpc) is 3.05. The van der Waals surface area contributed by atoms with Crippen molar-refractivity contribution in [3.63, 3.8) is 0 Å². The Morgan fingerprint density at radius 3 is 2.92 bits per heavy atom. The lowest BCUT2D eigenvalue weighted by Crippen LogP contribution is -2.19. The molecule has 24 heavy (non-hydrogen) atoms. The number of aromatic nitrogens is 2. The van der Waals surface area contributed by atoms with Crippen molar-refractivity contribution < 1.29 is 23.4 Å². The van der Waals surface area contributed by atoms with Gasteiger partial charge in [0.2, 0.25) is 5.83 Å². The summed E-state index contributed by atoms with van der Waals surface area (Å²) in [5, 5.41) is 5.26. The van der Waals surface area contributed by atoms with E-state index in [1.165, 1.54) is 7.11 Å². The van der Waals surface area contributed by atoms with E-state index in [0.29, 0.717) is 17.9 Å². The van der Waals surface area contributed by atoms with Gasteiger partial charge in [0.25, 0.3) is 0 Å². The van der Waals surface area contributed by atoms with Crippen molar-refractivity contribution >= 4 is 22.9 Å². The first-order chi connectivity index (χ1) is 11.7. The van der Waals surface area contributed by atoms with E-state index in [0.717, 1.165) is 43.4 Å². The smallest absolute Gasteiger partial charge is 0.366 e. The van der Waals surface area contributed by atoms with Gasteiger partial charge in [0.05, 0.1) is 20.4 Å². The number of fused-ring (bicyclic) bond motifs is 1. The average molecular weight is 334 g/mol. The molecule has 1 aliphatic rings. The molecule has 0 N–H and O–H groups in total. The topological polar surface area (TPSA) is 62.6 Å². The van der Waals surface area contributed by atoms with Crippen LogP contribution in [0.5, 0.6) is 5.75 Å². The van der Waals surface area contributed by atoms with Crippen LogP contribution in [0.15, 0.2) is 24.2 Å². The zero-order valence-corrected chi connectivity index (χ0v) is 13.6. The summed E-state index contributed by atoms with van der Waals surface area (Å²) >= 11 is 0. The number of nitrogens with zero attached hydrogens (tertiary/aromatic N) is 2. The second-order valence-corrected chi connectivity index (χ2v) is 5.52. The Balaban J connectivity index is 2.10. The normalized spacial score (nSPS) is 18.6. The molecule has 1 atom stereocenters. The van der Waals surface area contributed by atoms with Crippen LogP contribution in [0.3, 0.4) is 0 Å². The van der Waals surface area contributed by atoms with Gasteiger partial charge in [0, 0.05) is 17.6 Å². The van der Waals surface area contributed by atoms with Crippen LogP contribution in [0.1, 0.15) is 31.1 Å². The zero-order chi connectivity index (χ0) is 17.1. The van der Waals surface area contributed by atoms with Crippen molar-refractivity contribution in [1.29, 1.82) is 0 Å². The minimum Gasteiger partial charge on any atom is -0.494 e. The second-order valence-electron chi connectivity index (χ2n) is 5.52. The molecule has 1 aromatic carbocycles. The third-order valence-electron chi connectivity index (χ3n) is 4.04. The molecule has 7 heteroatoms. The molecule has 128 valence electrons. The van der Waals surface area contributed by atoms with Gasteiger partial charge in [-0.15, -0.1) is 0 Å². The summed E-state index contributed by atoms with van der Waals surface area (Å²) in [6.45, 7) is 0.685. The third-order valence-corrected chi connectivity index (χ3v) is 4.04. The van der Waals surface area contributed by atoms with Crippen molar-refractivity contribution in [2.45, 2.75) is 25.5 Å². The van der Waals surface area contributed by atoms with E-state index >= 15 is 0 Å². The van der Waals surface area contributed by atoms with E-state index in [9.17, 15) is 9.18 Å². The van der Waals surface area contributed by atoms with Gasteiger partial charge in [-0.2, -0.15) is 9.49 Å². The van der Waals surface area contributed by atoms with E-state index in [-0.39, 0.29) is 6.23 Å². The fourth-order valence-electron chi connectivity index (χ4n) is 2.88. The summed E-state index contributed by atoms with van der Waals surface area (Å²) in [6, 6.07) is 3.48. The second kappa shape index (κ2) is 7.00. The molecule has 0 amide bonds. The molecule has 6 nitrogen and oxygen atoms in total. The summed E-state index contributed by atoms with van der Waals surface area (Å²) in [5.74, 6) is -1.57. The monoisotopic (exact) mass is 334 g/mol. The van der Waals surface area contributed by atoms with E-state index in [2.05, 4.69) is 9.84 Å². The van der Waals surface area contributed by atoms with E-state index in [4.69, 9.17) is 9.47 Å². The van der Waals surface area contributed by atoms with Crippen LogP contribution in [0.2, 0.25) is 0 Å². The predicted octanol–water partition coefficient (Wildman–Crippen LogP) is 3.23. The SMILES string of the molecule is COC(=O)/C(F)=C/c1ccc2cnn(C3CCCCO3)c2c1OC. The standard InChI is InChI=1S/C17H19FN2O4/c1-22-16-11(9-13(18)17(21)23-2)6-7-12-10-19-20(15(12)16)14-5-3-4-8-24-14/h6-7,9-10,14H,3-5,8H2,1-2H3/b13-9-. The van der Waals surface area contributed by atoms with Gasteiger partial charge in [-0.3, -0.25) is 0 Å². The van der Waals surface area contributed by atoms with Gasteiger partial charge in [0.1, 0.15) is 5.52 Å². The van der Waals surface area contributed by atoms with E-state index in [1.54, 1.807) is 23.0 Å². The fraction of sp³-hybridized carbons (Fsp3) is 0.412. The van der Waals surface area contributed by atoms with Gasteiger partial charge in [-0.25, -0.2) is 9.48 Å². The summed E-state index contributed by atoms with van der Waals surface area (Å²) in [6.07, 6.45) is 5.60. The van der Waals surface area contributed by atoms with E-state index in [1.807, 2.05) is 0 Å². The first-order valence-corrected chi connectivity index (χ1v) is 7.77. The zero-order valence-electron chi connectivity index (χ0n) is 13.6. The molecule has 1 fully saturated rings. The number of hydrogen-bond acceptors (Lipinski definition) is 5. The molecular weight excluding hydrogens is 315 g/mol. The quantitative estimate of drug-likeness (QED) is 0.634. The van der Waals surface area contributed by atoms with Crippen LogP contribution in [0, 0.1) is 0 Å². The Morgan fingerprint density at radius 2 is 2.25 bits per heavy atom. The molecule has 0 bridgehead atoms. The van der Waals surface area contributed by atoms with Gasteiger partial charge in [0.15, 0.2) is 12.0 Å². The highest BCUT2D eigenvalue weighted by Crippen LogP contribution is 2.35. The number of ether oxygens (including phenoxy) is 3. The minimum atomic E-state index is -1.03. The number of rotatable bonds is 4. The number of esters is 1. The number of hydrogen-bond donors (Lipinski definition) is 0. The largest absolute Gasteiger partial charge is 0.494 e. The summed E-state index contributed by atoms with van der Waals surface area (Å²) in [4.78, 5) is 11.3. The maximum atomic E-state index is 13.9. The lowest BCUT2D eigenvalue weighted by atomic mass is 10.1. The molecular formula is C17H19FN2O4. The van der Waals surface area contributed by atoms with Crippen molar-refractivity contribution in [2.24, 2.45) is 0 Å². The number of halogens is 1. The van der Waals surface area contributed by atoms with Gasteiger partial charge >= 0.3 is 5.97 Å².